The molecule has 68 valence electrons. The van der Waals surface area contributed by atoms with Gasteiger partial charge in [-0.2, -0.15) is 5.26 Å². The van der Waals surface area contributed by atoms with Gasteiger partial charge in [0, 0.05) is 11.8 Å². The van der Waals surface area contributed by atoms with E-state index in [1.165, 1.54) is 6.92 Å². The van der Waals surface area contributed by atoms with E-state index in [1.54, 1.807) is 11.3 Å². The predicted molar refractivity (Wildman–Crippen MR) is 51.2 cm³/mol. The van der Waals surface area contributed by atoms with Crippen LogP contribution in [0.3, 0.4) is 0 Å². The summed E-state index contributed by atoms with van der Waals surface area (Å²) >= 11 is 1.57. The Morgan fingerprint density at radius 3 is 3.15 bits per heavy atom. The van der Waals surface area contributed by atoms with E-state index < -0.39 is 0 Å². The zero-order valence-electron chi connectivity index (χ0n) is 7.33. The highest BCUT2D eigenvalue weighted by atomic mass is 32.1. The normalized spacial score (nSPS) is 9.23. The molecule has 0 aliphatic rings. The molecule has 1 heterocycles. The number of carbonyl (C=O) groups is 1. The molecule has 0 atom stereocenters. The second-order valence-corrected chi connectivity index (χ2v) is 3.61. The third-order valence-corrected chi connectivity index (χ3v) is 2.57. The van der Waals surface area contributed by atoms with E-state index in [1.807, 2.05) is 11.4 Å². The number of carbonyl (C=O) groups excluding carboxylic acids is 1. The van der Waals surface area contributed by atoms with Gasteiger partial charge in [0.1, 0.15) is 0 Å². The fourth-order valence-electron chi connectivity index (χ4n) is 0.970. The average Bonchev–Trinajstić information content (AvgIpc) is 2.49. The molecule has 0 radical (unpaired) electrons. The van der Waals surface area contributed by atoms with E-state index in [4.69, 9.17) is 5.26 Å². The largest absolute Gasteiger partial charge is 0.351 e. The van der Waals surface area contributed by atoms with Crippen molar-refractivity contribution in [2.75, 3.05) is 0 Å². The number of nitrogens with one attached hydrogen (secondary N) is 1. The fourth-order valence-corrected chi connectivity index (χ4v) is 1.81. The van der Waals surface area contributed by atoms with Crippen LogP contribution in [0.1, 0.15) is 17.4 Å². The van der Waals surface area contributed by atoms with Crippen molar-refractivity contribution in [1.29, 1.82) is 5.26 Å². The van der Waals surface area contributed by atoms with Crippen molar-refractivity contribution in [2.24, 2.45) is 0 Å². The van der Waals surface area contributed by atoms with Gasteiger partial charge in [-0.3, -0.25) is 4.79 Å². The predicted octanol–water partition coefficient (Wildman–Crippen LogP) is 1.45. The average molecular weight is 194 g/mol. The molecule has 0 aliphatic heterocycles. The van der Waals surface area contributed by atoms with E-state index in [2.05, 4.69) is 11.4 Å². The van der Waals surface area contributed by atoms with Gasteiger partial charge in [-0.1, -0.05) is 0 Å². The molecule has 1 rings (SSSR count). The Labute approximate surface area is 81.0 Å². The van der Waals surface area contributed by atoms with Crippen LogP contribution in [0.15, 0.2) is 11.4 Å². The summed E-state index contributed by atoms with van der Waals surface area (Å²) in [7, 11) is 0. The highest BCUT2D eigenvalue weighted by Gasteiger charge is 2.03. The third kappa shape index (κ3) is 2.88. The standard InChI is InChI=1S/C9H10N2OS/c1-7(12)11-6-9-8(2-4-10)3-5-13-9/h3,5H,2,6H2,1H3,(H,11,12). The summed E-state index contributed by atoms with van der Waals surface area (Å²) in [6.45, 7) is 2.02. The topological polar surface area (TPSA) is 52.9 Å². The molecule has 1 amide bonds. The van der Waals surface area contributed by atoms with Gasteiger partial charge in [0.05, 0.1) is 19.0 Å². The van der Waals surface area contributed by atoms with Crippen LogP contribution in [-0.2, 0) is 17.8 Å². The first-order valence-corrected chi connectivity index (χ1v) is 4.78. The van der Waals surface area contributed by atoms with Gasteiger partial charge >= 0.3 is 0 Å². The second kappa shape index (κ2) is 4.63. The van der Waals surface area contributed by atoms with Gasteiger partial charge in [-0.05, 0) is 17.0 Å². The Morgan fingerprint density at radius 2 is 2.54 bits per heavy atom. The van der Waals surface area contributed by atoms with Crippen LogP contribution >= 0.6 is 11.3 Å². The maximum absolute atomic E-state index is 10.6. The van der Waals surface area contributed by atoms with Gasteiger partial charge in [-0.15, -0.1) is 11.3 Å². The van der Waals surface area contributed by atoms with Crippen LogP contribution < -0.4 is 5.32 Å². The van der Waals surface area contributed by atoms with Gasteiger partial charge in [0.15, 0.2) is 0 Å². The highest BCUT2D eigenvalue weighted by molar-refractivity contribution is 7.10. The van der Waals surface area contributed by atoms with Crippen molar-refractivity contribution < 1.29 is 4.79 Å². The number of amides is 1. The maximum Gasteiger partial charge on any atom is 0.217 e. The van der Waals surface area contributed by atoms with Gasteiger partial charge in [0.2, 0.25) is 5.91 Å². The van der Waals surface area contributed by atoms with Crippen LogP contribution in [-0.4, -0.2) is 5.91 Å². The molecule has 0 bridgehead atoms. The van der Waals surface area contributed by atoms with Crippen molar-refractivity contribution in [1.82, 2.24) is 5.32 Å². The molecule has 0 aromatic carbocycles. The Morgan fingerprint density at radius 1 is 1.77 bits per heavy atom. The minimum Gasteiger partial charge on any atom is -0.351 e. The van der Waals surface area contributed by atoms with Gasteiger partial charge < -0.3 is 5.32 Å². The summed E-state index contributed by atoms with van der Waals surface area (Å²) in [5.41, 5.74) is 1.02. The third-order valence-electron chi connectivity index (χ3n) is 1.61. The first-order valence-electron chi connectivity index (χ1n) is 3.90. The lowest BCUT2D eigenvalue weighted by atomic mass is 10.2. The van der Waals surface area contributed by atoms with Crippen LogP contribution in [0.25, 0.3) is 0 Å². The minimum atomic E-state index is -0.0451. The van der Waals surface area contributed by atoms with Crippen LogP contribution in [0.5, 0.6) is 0 Å². The van der Waals surface area contributed by atoms with E-state index in [9.17, 15) is 4.79 Å². The van der Waals surface area contributed by atoms with Crippen molar-refractivity contribution in [3.63, 3.8) is 0 Å². The molecular formula is C9H10N2OS. The zero-order valence-corrected chi connectivity index (χ0v) is 8.15. The zero-order chi connectivity index (χ0) is 9.68. The maximum atomic E-state index is 10.6. The molecule has 0 saturated carbocycles. The van der Waals surface area contributed by atoms with Crippen molar-refractivity contribution in [3.05, 3.63) is 21.9 Å². The SMILES string of the molecule is CC(=O)NCc1sccc1CC#N. The molecule has 13 heavy (non-hydrogen) atoms. The highest BCUT2D eigenvalue weighted by Crippen LogP contribution is 2.16. The number of rotatable bonds is 3. The molecular weight excluding hydrogens is 184 g/mol. The van der Waals surface area contributed by atoms with Crippen molar-refractivity contribution in [3.8, 4) is 6.07 Å². The Kier molecular flexibility index (Phi) is 3.47. The van der Waals surface area contributed by atoms with E-state index in [0.717, 1.165) is 10.4 Å². The van der Waals surface area contributed by atoms with E-state index >= 15 is 0 Å². The summed E-state index contributed by atoms with van der Waals surface area (Å²) in [5, 5.41) is 13.2. The molecule has 3 nitrogen and oxygen atoms in total. The lowest BCUT2D eigenvalue weighted by molar-refractivity contribution is -0.119. The molecule has 4 heteroatoms. The number of nitriles is 1. The quantitative estimate of drug-likeness (QED) is 0.791. The summed E-state index contributed by atoms with van der Waals surface area (Å²) in [6.07, 6.45) is 0.415. The first-order chi connectivity index (χ1) is 6.24. The molecule has 0 aliphatic carbocycles. The summed E-state index contributed by atoms with van der Waals surface area (Å²) in [5.74, 6) is -0.0451. The molecule has 1 aromatic rings. The summed E-state index contributed by atoms with van der Waals surface area (Å²) in [6, 6.07) is 4.01. The molecule has 0 saturated heterocycles. The van der Waals surface area contributed by atoms with Crippen molar-refractivity contribution >= 4 is 17.2 Å². The Bertz CT molecular complexity index is 338. The summed E-state index contributed by atoms with van der Waals surface area (Å²) < 4.78 is 0. The van der Waals surface area contributed by atoms with Gasteiger partial charge in [0.25, 0.3) is 0 Å². The lowest BCUT2D eigenvalue weighted by Gasteiger charge is -2.00. The second-order valence-electron chi connectivity index (χ2n) is 2.61. The molecule has 0 unspecified atom stereocenters. The molecule has 0 spiro atoms. The van der Waals surface area contributed by atoms with Crippen molar-refractivity contribution in [2.45, 2.75) is 19.9 Å². The fraction of sp³-hybridized carbons (Fsp3) is 0.333. The van der Waals surface area contributed by atoms with Gasteiger partial charge in [-0.25, -0.2) is 0 Å². The van der Waals surface area contributed by atoms with E-state index in [0.29, 0.717) is 13.0 Å². The molecule has 1 N–H and O–H groups in total. The molecule has 1 aromatic heterocycles. The summed E-state index contributed by atoms with van der Waals surface area (Å²) in [4.78, 5) is 11.7. The van der Waals surface area contributed by atoms with Crippen LogP contribution in [0, 0.1) is 11.3 Å². The molecule has 0 fully saturated rings. The lowest BCUT2D eigenvalue weighted by Crippen LogP contribution is -2.18. The number of nitrogens with zero attached hydrogens (tertiary/aromatic N) is 1. The smallest absolute Gasteiger partial charge is 0.217 e. The monoisotopic (exact) mass is 194 g/mol. The number of hydrogen-bond acceptors (Lipinski definition) is 3. The van der Waals surface area contributed by atoms with Crippen LogP contribution in [0.2, 0.25) is 0 Å². The number of hydrogen-bond donors (Lipinski definition) is 1. The van der Waals surface area contributed by atoms with E-state index in [-0.39, 0.29) is 5.91 Å². The minimum absolute atomic E-state index is 0.0451. The number of thiophene rings is 1. The Hall–Kier alpha value is -1.34. The Balaban J connectivity index is 2.61. The van der Waals surface area contributed by atoms with Crippen LogP contribution in [0.4, 0.5) is 0 Å². The first kappa shape index (κ1) is 9.75.